The average molecular weight is 371 g/mol. The van der Waals surface area contributed by atoms with Crippen LogP contribution in [0.3, 0.4) is 0 Å². The minimum absolute atomic E-state index is 0.0372. The third-order valence-electron chi connectivity index (χ3n) is 5.56. The van der Waals surface area contributed by atoms with Gasteiger partial charge < -0.3 is 9.64 Å². The molecule has 5 nitrogen and oxygen atoms in total. The van der Waals surface area contributed by atoms with E-state index in [-0.39, 0.29) is 24.4 Å². The number of aromatic nitrogens is 2. The molecular formula is C21H26FN3O2. The molecule has 2 fully saturated rings. The number of hydrogen-bond acceptors (Lipinski definition) is 3. The Kier molecular flexibility index (Phi) is 5.14. The molecule has 0 radical (unpaired) electrons. The first kappa shape index (κ1) is 18.0. The van der Waals surface area contributed by atoms with Crippen LogP contribution in [0.4, 0.5) is 4.39 Å². The molecule has 27 heavy (non-hydrogen) atoms. The molecule has 6 heteroatoms. The molecule has 4 rings (SSSR count). The largest absolute Gasteiger partial charge is 0.484 e. The predicted molar refractivity (Wildman–Crippen MR) is 99.9 cm³/mol. The number of aryl methyl sites for hydroxylation is 1. The van der Waals surface area contributed by atoms with Crippen molar-refractivity contribution >= 4 is 5.91 Å². The van der Waals surface area contributed by atoms with Gasteiger partial charge in [0.2, 0.25) is 0 Å². The third-order valence-corrected chi connectivity index (χ3v) is 5.56. The molecule has 0 spiro atoms. The fourth-order valence-electron chi connectivity index (χ4n) is 3.95. The third kappa shape index (κ3) is 4.31. The Bertz CT molecular complexity index is 792. The molecule has 2 saturated carbocycles. The standard InChI is InChI=1S/C21H26FN3O2/c1-24-20(15-6-7-15)12-17(23-24)13-25(18-4-2-3-5-18)21(26)14-27-19-10-8-16(22)9-11-19/h8-12,15,18H,2-7,13-14H2,1H3. The second-order valence-electron chi connectivity index (χ2n) is 7.66. The number of rotatable bonds is 7. The molecule has 1 aromatic heterocycles. The van der Waals surface area contributed by atoms with Crippen molar-refractivity contribution in [3.05, 3.63) is 47.5 Å². The molecule has 0 saturated heterocycles. The van der Waals surface area contributed by atoms with E-state index >= 15 is 0 Å². The summed E-state index contributed by atoms with van der Waals surface area (Å²) >= 11 is 0. The van der Waals surface area contributed by atoms with Crippen LogP contribution in [0, 0.1) is 5.82 Å². The SMILES string of the molecule is Cn1nc(CN(C(=O)COc2ccc(F)cc2)C2CCCC2)cc1C1CC1. The van der Waals surface area contributed by atoms with E-state index in [1.165, 1.54) is 30.7 Å². The molecule has 2 aliphatic carbocycles. The Labute approximate surface area is 159 Å². The van der Waals surface area contributed by atoms with E-state index in [2.05, 4.69) is 11.2 Å². The normalized spacial score (nSPS) is 17.3. The first-order valence-electron chi connectivity index (χ1n) is 9.81. The van der Waals surface area contributed by atoms with E-state index in [9.17, 15) is 9.18 Å². The fraction of sp³-hybridized carbons (Fsp3) is 0.524. The van der Waals surface area contributed by atoms with E-state index in [0.717, 1.165) is 31.4 Å². The number of carbonyl (C=O) groups is 1. The van der Waals surface area contributed by atoms with Crippen molar-refractivity contribution in [1.29, 1.82) is 0 Å². The maximum Gasteiger partial charge on any atom is 0.261 e. The Hall–Kier alpha value is -2.37. The summed E-state index contributed by atoms with van der Waals surface area (Å²) in [6.07, 6.45) is 6.84. The molecule has 2 aliphatic rings. The minimum atomic E-state index is -0.317. The number of hydrogen-bond donors (Lipinski definition) is 0. The second kappa shape index (κ2) is 7.71. The molecule has 0 bridgehead atoms. The molecule has 1 amide bonds. The Morgan fingerprint density at radius 2 is 1.93 bits per heavy atom. The van der Waals surface area contributed by atoms with Crippen molar-refractivity contribution < 1.29 is 13.9 Å². The van der Waals surface area contributed by atoms with Gasteiger partial charge in [-0.15, -0.1) is 0 Å². The number of ether oxygens (including phenoxy) is 1. The van der Waals surface area contributed by atoms with Crippen LogP contribution in [0.15, 0.2) is 30.3 Å². The molecule has 2 aromatic rings. The highest BCUT2D eigenvalue weighted by molar-refractivity contribution is 5.78. The molecular weight excluding hydrogens is 345 g/mol. The Morgan fingerprint density at radius 3 is 2.59 bits per heavy atom. The van der Waals surface area contributed by atoms with Gasteiger partial charge in [-0.05, 0) is 56.0 Å². The first-order valence-corrected chi connectivity index (χ1v) is 9.81. The lowest BCUT2D eigenvalue weighted by atomic mass is 10.2. The number of amides is 1. The van der Waals surface area contributed by atoms with Crippen LogP contribution in [-0.4, -0.2) is 33.2 Å². The summed E-state index contributed by atoms with van der Waals surface area (Å²) in [6, 6.07) is 8.16. The highest BCUT2D eigenvalue weighted by Crippen LogP contribution is 2.40. The van der Waals surface area contributed by atoms with E-state index in [0.29, 0.717) is 18.2 Å². The molecule has 1 aromatic carbocycles. The van der Waals surface area contributed by atoms with Crippen LogP contribution in [-0.2, 0) is 18.4 Å². The summed E-state index contributed by atoms with van der Waals surface area (Å²) in [5, 5.41) is 4.63. The van der Waals surface area contributed by atoms with Crippen LogP contribution in [0.2, 0.25) is 0 Å². The summed E-state index contributed by atoms with van der Waals surface area (Å²) in [6.45, 7) is 0.487. The zero-order chi connectivity index (χ0) is 18.8. The maximum absolute atomic E-state index is 13.0. The predicted octanol–water partition coefficient (Wildman–Crippen LogP) is 3.79. The zero-order valence-electron chi connectivity index (χ0n) is 15.7. The van der Waals surface area contributed by atoms with Gasteiger partial charge in [-0.3, -0.25) is 9.48 Å². The number of nitrogens with zero attached hydrogens (tertiary/aromatic N) is 3. The number of benzene rings is 1. The maximum atomic E-state index is 13.0. The first-order chi connectivity index (χ1) is 13.1. The average Bonchev–Trinajstić information content (AvgIpc) is 3.22. The van der Waals surface area contributed by atoms with Crippen LogP contribution < -0.4 is 4.74 Å². The summed E-state index contributed by atoms with van der Waals surface area (Å²) < 4.78 is 20.6. The summed E-state index contributed by atoms with van der Waals surface area (Å²) in [4.78, 5) is 14.8. The van der Waals surface area contributed by atoms with Crippen molar-refractivity contribution in [3.63, 3.8) is 0 Å². The van der Waals surface area contributed by atoms with Crippen LogP contribution in [0.1, 0.15) is 55.8 Å². The van der Waals surface area contributed by atoms with Gasteiger partial charge >= 0.3 is 0 Å². The van der Waals surface area contributed by atoms with Gasteiger partial charge in [-0.2, -0.15) is 5.10 Å². The fourth-order valence-corrected chi connectivity index (χ4v) is 3.95. The van der Waals surface area contributed by atoms with Crippen LogP contribution in [0.25, 0.3) is 0 Å². The second-order valence-corrected chi connectivity index (χ2v) is 7.66. The minimum Gasteiger partial charge on any atom is -0.484 e. The highest BCUT2D eigenvalue weighted by atomic mass is 19.1. The summed E-state index contributed by atoms with van der Waals surface area (Å²) in [5.74, 6) is 0.784. The quantitative estimate of drug-likeness (QED) is 0.744. The molecule has 0 aliphatic heterocycles. The molecule has 0 N–H and O–H groups in total. The van der Waals surface area contributed by atoms with Gasteiger partial charge in [0, 0.05) is 24.7 Å². The van der Waals surface area contributed by atoms with Gasteiger partial charge in [-0.25, -0.2) is 4.39 Å². The van der Waals surface area contributed by atoms with Crippen molar-refractivity contribution in [2.45, 2.75) is 57.0 Å². The molecule has 144 valence electrons. The Balaban J connectivity index is 1.44. The van der Waals surface area contributed by atoms with Gasteiger partial charge in [0.25, 0.3) is 5.91 Å². The van der Waals surface area contributed by atoms with Crippen molar-refractivity contribution in [1.82, 2.24) is 14.7 Å². The van der Waals surface area contributed by atoms with Crippen molar-refractivity contribution in [2.75, 3.05) is 6.61 Å². The van der Waals surface area contributed by atoms with Gasteiger partial charge in [0.05, 0.1) is 12.2 Å². The molecule has 1 heterocycles. The van der Waals surface area contributed by atoms with Gasteiger partial charge in [-0.1, -0.05) is 12.8 Å². The number of halogens is 1. The lowest BCUT2D eigenvalue weighted by Gasteiger charge is -2.28. The topological polar surface area (TPSA) is 47.4 Å². The highest BCUT2D eigenvalue weighted by Gasteiger charge is 2.30. The summed E-state index contributed by atoms with van der Waals surface area (Å²) in [5.41, 5.74) is 2.22. The number of carbonyl (C=O) groups excluding carboxylic acids is 1. The monoisotopic (exact) mass is 371 g/mol. The van der Waals surface area contributed by atoms with E-state index < -0.39 is 0 Å². The smallest absolute Gasteiger partial charge is 0.261 e. The van der Waals surface area contributed by atoms with Crippen molar-refractivity contribution in [3.8, 4) is 5.75 Å². The van der Waals surface area contributed by atoms with Crippen LogP contribution >= 0.6 is 0 Å². The molecule has 0 unspecified atom stereocenters. The summed E-state index contributed by atoms with van der Waals surface area (Å²) in [7, 11) is 1.98. The lowest BCUT2D eigenvalue weighted by Crippen LogP contribution is -2.41. The van der Waals surface area contributed by atoms with Gasteiger partial charge in [0.15, 0.2) is 6.61 Å². The van der Waals surface area contributed by atoms with E-state index in [4.69, 9.17) is 4.74 Å². The van der Waals surface area contributed by atoms with Gasteiger partial charge in [0.1, 0.15) is 11.6 Å². The lowest BCUT2D eigenvalue weighted by molar-refractivity contribution is -0.136. The van der Waals surface area contributed by atoms with Crippen molar-refractivity contribution in [2.24, 2.45) is 7.05 Å². The van der Waals surface area contributed by atoms with E-state index in [1.807, 2.05) is 16.6 Å². The zero-order valence-corrected chi connectivity index (χ0v) is 15.7. The Morgan fingerprint density at radius 1 is 1.22 bits per heavy atom. The van der Waals surface area contributed by atoms with Crippen LogP contribution in [0.5, 0.6) is 5.75 Å². The molecule has 0 atom stereocenters. The van der Waals surface area contributed by atoms with E-state index in [1.54, 1.807) is 12.1 Å².